The van der Waals surface area contributed by atoms with E-state index < -0.39 is 5.97 Å². The van der Waals surface area contributed by atoms with Crippen LogP contribution in [-0.4, -0.2) is 37.2 Å². The van der Waals surface area contributed by atoms with Gasteiger partial charge >= 0.3 is 5.97 Å². The number of allylic oxidation sites excluding steroid dienone is 1. The lowest BCUT2D eigenvalue weighted by Gasteiger charge is -2.28. The molecular weight excluding hydrogens is 563 g/mol. The van der Waals surface area contributed by atoms with Gasteiger partial charge in [-0.05, 0) is 103 Å². The Labute approximate surface area is 266 Å². The first kappa shape index (κ1) is 30.9. The first-order valence-electron chi connectivity index (χ1n) is 16.3. The molecule has 2 aliphatic heterocycles. The molecule has 0 aromatic heterocycles. The minimum absolute atomic E-state index is 0.271. The number of rotatable bonds is 7. The standard InChI is InChI=1S/C38H43FN4O2/c1-5-27-24-40-42(20-6-7-25(27)2)32-17-19-35-36(23-32)43(3,4)38(41-35)33-18-16-31(22-34(33)39)30-14-12-29(13-15-30)28-10-8-26(9-11-28)21-37(44)45/h6,12-20,22-28H,5,7-11,21H2,1-4H3/p+1. The smallest absolute Gasteiger partial charge is 0.303 e. The van der Waals surface area contributed by atoms with Crippen LogP contribution in [0, 0.1) is 23.6 Å². The van der Waals surface area contributed by atoms with Crippen molar-refractivity contribution in [2.24, 2.45) is 27.8 Å². The number of carboxylic acids is 1. The molecule has 1 aliphatic carbocycles. The van der Waals surface area contributed by atoms with Crippen LogP contribution in [-0.2, 0) is 4.79 Å². The molecule has 3 aromatic carbocycles. The highest BCUT2D eigenvalue weighted by Gasteiger charge is 2.39. The number of aliphatic carboxylic acids is 1. The summed E-state index contributed by atoms with van der Waals surface area (Å²) in [5.41, 5.74) is 6.39. The Morgan fingerprint density at radius 3 is 2.42 bits per heavy atom. The molecule has 0 amide bonds. The van der Waals surface area contributed by atoms with Crippen molar-refractivity contribution in [3.05, 3.63) is 89.9 Å². The maximum atomic E-state index is 15.8. The van der Waals surface area contributed by atoms with Crippen molar-refractivity contribution in [1.29, 1.82) is 0 Å². The number of carboxylic acid groups (broad SMARTS) is 1. The quantitative estimate of drug-likeness (QED) is 0.272. The lowest BCUT2D eigenvalue weighted by atomic mass is 9.77. The molecule has 0 radical (unpaired) electrons. The molecule has 0 bridgehead atoms. The van der Waals surface area contributed by atoms with Crippen LogP contribution >= 0.6 is 0 Å². The van der Waals surface area contributed by atoms with E-state index in [1.165, 1.54) is 5.56 Å². The first-order chi connectivity index (χ1) is 21.6. The van der Waals surface area contributed by atoms with Crippen LogP contribution < -0.4 is 9.49 Å². The van der Waals surface area contributed by atoms with Gasteiger partial charge in [0.15, 0.2) is 5.69 Å². The van der Waals surface area contributed by atoms with E-state index in [2.05, 4.69) is 70.6 Å². The van der Waals surface area contributed by atoms with E-state index in [-0.39, 0.29) is 18.2 Å². The highest BCUT2D eigenvalue weighted by Crippen LogP contribution is 2.43. The molecule has 6 nitrogen and oxygen atoms in total. The van der Waals surface area contributed by atoms with Crippen LogP contribution in [0.5, 0.6) is 0 Å². The van der Waals surface area contributed by atoms with E-state index in [0.717, 1.165) is 66.7 Å². The number of benzene rings is 3. The van der Waals surface area contributed by atoms with Gasteiger partial charge in [0.25, 0.3) is 0 Å². The minimum Gasteiger partial charge on any atom is -0.481 e. The third-order valence-electron chi connectivity index (χ3n) is 10.2. The summed E-state index contributed by atoms with van der Waals surface area (Å²) in [7, 11) is 4.11. The number of nitrogens with zero attached hydrogens (tertiary/aromatic N) is 4. The number of hydrazone groups is 1. The van der Waals surface area contributed by atoms with E-state index >= 15 is 4.39 Å². The van der Waals surface area contributed by atoms with Crippen LogP contribution in [0.15, 0.2) is 83.0 Å². The van der Waals surface area contributed by atoms with Crippen LogP contribution in [0.1, 0.15) is 75.8 Å². The number of carbonyl (C=O) groups is 1. The van der Waals surface area contributed by atoms with Gasteiger partial charge in [-0.1, -0.05) is 50.3 Å². The molecular formula is C38H44FN4O2+. The number of fused-ring (bicyclic) bond motifs is 1. The third kappa shape index (κ3) is 6.36. The molecule has 1 fully saturated rings. The van der Waals surface area contributed by atoms with Gasteiger partial charge in [-0.15, -0.1) is 0 Å². The summed E-state index contributed by atoms with van der Waals surface area (Å²) in [4.78, 5) is 16.0. The normalized spacial score (nSPS) is 24.1. The van der Waals surface area contributed by atoms with Crippen LogP contribution in [0.2, 0.25) is 0 Å². The molecule has 1 N–H and O–H groups in total. The molecule has 3 aromatic rings. The Morgan fingerprint density at radius 2 is 1.73 bits per heavy atom. The summed E-state index contributed by atoms with van der Waals surface area (Å²) in [6.07, 6.45) is 12.6. The zero-order chi connectivity index (χ0) is 31.7. The average Bonchev–Trinajstić information content (AvgIpc) is 3.28. The Hall–Kier alpha value is -4.10. The van der Waals surface area contributed by atoms with Gasteiger partial charge in [-0.2, -0.15) is 10.1 Å². The Bertz CT molecular complexity index is 1650. The van der Waals surface area contributed by atoms with Gasteiger partial charge in [-0.3, -0.25) is 4.79 Å². The molecule has 1 saturated carbocycles. The van der Waals surface area contributed by atoms with E-state index in [9.17, 15) is 4.79 Å². The number of quaternary nitrogens is 1. The van der Waals surface area contributed by atoms with Crippen molar-refractivity contribution in [2.75, 3.05) is 19.1 Å². The maximum Gasteiger partial charge on any atom is 0.303 e. The van der Waals surface area contributed by atoms with Crippen molar-refractivity contribution >= 4 is 35.1 Å². The Kier molecular flexibility index (Phi) is 8.74. The fraction of sp³-hybridized carbons (Fsp3) is 0.395. The molecule has 0 saturated heterocycles. The van der Waals surface area contributed by atoms with Gasteiger partial charge < -0.3 is 5.11 Å². The molecule has 2 heterocycles. The molecule has 2 unspecified atom stereocenters. The number of amidine groups is 1. The largest absolute Gasteiger partial charge is 0.481 e. The topological polar surface area (TPSA) is 65.3 Å². The lowest BCUT2D eigenvalue weighted by Crippen LogP contribution is -2.45. The van der Waals surface area contributed by atoms with Gasteiger partial charge in [0.1, 0.15) is 11.5 Å². The van der Waals surface area contributed by atoms with Crippen LogP contribution in [0.3, 0.4) is 0 Å². The fourth-order valence-electron chi connectivity index (χ4n) is 7.24. The minimum atomic E-state index is -0.701. The summed E-state index contributed by atoms with van der Waals surface area (Å²) in [6.45, 7) is 4.48. The van der Waals surface area contributed by atoms with Crippen molar-refractivity contribution in [2.45, 2.75) is 64.7 Å². The summed E-state index contributed by atoms with van der Waals surface area (Å²) in [6, 6.07) is 20.0. The van der Waals surface area contributed by atoms with Crippen LogP contribution in [0.25, 0.3) is 11.1 Å². The first-order valence-corrected chi connectivity index (χ1v) is 16.3. The van der Waals surface area contributed by atoms with E-state index in [1.54, 1.807) is 6.07 Å². The van der Waals surface area contributed by atoms with Crippen LogP contribution in [0.4, 0.5) is 21.5 Å². The van der Waals surface area contributed by atoms with Crippen molar-refractivity contribution in [3.8, 4) is 11.1 Å². The number of anilines is 1. The predicted molar refractivity (Wildman–Crippen MR) is 183 cm³/mol. The third-order valence-corrected chi connectivity index (χ3v) is 10.2. The zero-order valence-electron chi connectivity index (χ0n) is 26.8. The number of hydrogen-bond donors (Lipinski definition) is 1. The summed E-state index contributed by atoms with van der Waals surface area (Å²) >= 11 is 0. The maximum absolute atomic E-state index is 15.8. The average molecular weight is 608 g/mol. The van der Waals surface area contributed by atoms with Crippen molar-refractivity contribution in [1.82, 2.24) is 4.48 Å². The number of halogens is 1. The van der Waals surface area contributed by atoms with E-state index in [1.807, 2.05) is 35.5 Å². The van der Waals surface area contributed by atoms with E-state index in [0.29, 0.717) is 33.6 Å². The Morgan fingerprint density at radius 1 is 1.00 bits per heavy atom. The molecule has 0 spiro atoms. The predicted octanol–water partition coefficient (Wildman–Crippen LogP) is 9.27. The Balaban J connectivity index is 1.18. The van der Waals surface area contributed by atoms with Crippen molar-refractivity contribution < 1.29 is 14.3 Å². The van der Waals surface area contributed by atoms with Gasteiger partial charge in [0.05, 0.1) is 25.3 Å². The molecule has 2 atom stereocenters. The van der Waals surface area contributed by atoms with Gasteiger partial charge in [0, 0.05) is 24.9 Å². The summed E-state index contributed by atoms with van der Waals surface area (Å²) in [5.74, 6) is 1.43. The second-order valence-electron chi connectivity index (χ2n) is 13.5. The van der Waals surface area contributed by atoms with Gasteiger partial charge in [-0.25, -0.2) is 13.9 Å². The molecule has 45 heavy (non-hydrogen) atoms. The monoisotopic (exact) mass is 607 g/mol. The molecule has 3 aliphatic rings. The molecule has 6 rings (SSSR count). The van der Waals surface area contributed by atoms with Crippen molar-refractivity contribution in [3.63, 3.8) is 0 Å². The number of aliphatic imine (C=N–C) groups is 1. The summed E-state index contributed by atoms with van der Waals surface area (Å²) in [5, 5.41) is 15.8. The second kappa shape index (κ2) is 12.7. The fourth-order valence-corrected chi connectivity index (χ4v) is 7.24. The lowest BCUT2D eigenvalue weighted by molar-refractivity contribution is -0.138. The zero-order valence-corrected chi connectivity index (χ0v) is 26.8. The second-order valence-corrected chi connectivity index (χ2v) is 13.5. The summed E-state index contributed by atoms with van der Waals surface area (Å²) < 4.78 is 16.2. The van der Waals surface area contributed by atoms with Gasteiger partial charge in [0.2, 0.25) is 5.84 Å². The SMILES string of the molecule is CCC1C=NN(c2ccc3c(c2)[N+](C)(C)C(c2ccc(-c4ccc(C5CCC(CC(=O)O)CC5)cc4)cc2F)=N3)C=CCC1C. The molecule has 234 valence electrons. The number of hydrogen-bond acceptors (Lipinski definition) is 4. The highest BCUT2D eigenvalue weighted by atomic mass is 19.1. The molecule has 7 heteroatoms. The highest BCUT2D eigenvalue weighted by molar-refractivity contribution is 6.12. The van der Waals surface area contributed by atoms with E-state index in [4.69, 9.17) is 15.2 Å².